The number of ketones is 1. The van der Waals surface area contributed by atoms with E-state index in [0.29, 0.717) is 46.3 Å². The van der Waals surface area contributed by atoms with E-state index in [9.17, 15) is 47.9 Å². The van der Waals surface area contributed by atoms with Gasteiger partial charge in [0.25, 0.3) is 14.2 Å². The second kappa shape index (κ2) is 34.4. The Morgan fingerprint density at radius 2 is 1.36 bits per heavy atom. The van der Waals surface area contributed by atoms with Crippen molar-refractivity contribution in [2.75, 3.05) is 19.6 Å². The van der Waals surface area contributed by atoms with E-state index >= 15 is 0 Å². The van der Waals surface area contributed by atoms with Gasteiger partial charge >= 0.3 is 12.2 Å². The molecule has 2 aliphatic rings. The predicted molar refractivity (Wildman–Crippen MR) is 338 cm³/mol. The topological polar surface area (TPSA) is 313 Å². The molecular formula is C65H92N10O13Si. The molecule has 0 saturated carbocycles. The summed E-state index contributed by atoms with van der Waals surface area (Å²) in [5.41, 5.74) is 2.95. The number of fused-ring (bicyclic) bond motifs is 1. The minimum atomic E-state index is -2.33. The van der Waals surface area contributed by atoms with Crippen molar-refractivity contribution in [2.45, 2.75) is 187 Å². The Hall–Kier alpha value is -8.41. The Labute approximate surface area is 524 Å². The molecule has 0 aliphatic carbocycles. The number of benzene rings is 3. The van der Waals surface area contributed by atoms with Crippen LogP contribution in [0.15, 0.2) is 97.1 Å². The van der Waals surface area contributed by atoms with E-state index in [1.165, 1.54) is 24.0 Å². The predicted octanol–water partition coefficient (Wildman–Crippen LogP) is 6.85. The largest absolute Gasteiger partial charge is 0.543 e. The summed E-state index contributed by atoms with van der Waals surface area (Å²) in [5.74, 6) is -7.27. The number of alkyl carbamates (subject to hydrolysis) is 1. The first-order valence-corrected chi connectivity index (χ1v) is 33.0. The minimum absolute atomic E-state index is 0.00893. The Bertz CT molecular complexity index is 2940. The van der Waals surface area contributed by atoms with Crippen molar-refractivity contribution in [1.82, 2.24) is 47.0 Å². The van der Waals surface area contributed by atoms with Gasteiger partial charge in [0.05, 0.1) is 12.1 Å². The molecule has 484 valence electrons. The highest BCUT2D eigenvalue weighted by atomic mass is 28.4. The lowest BCUT2D eigenvalue weighted by Gasteiger charge is -2.42. The third-order valence-electron chi connectivity index (χ3n) is 16.1. The molecule has 3 aromatic rings. The lowest BCUT2D eigenvalue weighted by atomic mass is 9.96. The van der Waals surface area contributed by atoms with Crippen molar-refractivity contribution in [3.8, 4) is 5.75 Å². The average Bonchev–Trinajstić information content (AvgIpc) is 2.96. The van der Waals surface area contributed by atoms with Gasteiger partial charge in [0.15, 0.2) is 0 Å². The number of nitrogens with zero attached hydrogens (tertiary/aromatic N) is 2. The van der Waals surface area contributed by atoms with Gasteiger partial charge in [-0.05, 0) is 96.3 Å². The van der Waals surface area contributed by atoms with Crippen molar-refractivity contribution >= 4 is 73.6 Å². The second-order valence-corrected chi connectivity index (χ2v) is 29.6. The molecule has 0 radical (unpaired) electrons. The molecule has 24 heteroatoms. The molecule has 0 bridgehead atoms. The number of hydrogen-bond donors (Lipinski definition) is 8. The standard InChI is InChI=1S/C65H92N10O13Si/c1-12-44(10)56-60(81)69-49(36-46-27-30-50(31-28-46)88-89(41(4)5,42(6)7)43(8)9)29-32-54(76)67-37-52(71-58(79)45(11)68-55(77)35-40(2)3)62(83)74-33-20-26-53(74)59(80)70-51(57(78)61(82)72-56)25-19-34-75(65(85)87-39-48-23-17-14-18-24-48)63(66)73-64(84)86-38-47-21-15-13-16-22-47/h13-18,21-24,27-32,40-45,49,51-53,56H,12,19-20,25-26,33-39H2,1-11H3,(H,67,76)(H,68,77)(H,69,81)(H,70,80)(H,71,79)(H,72,82)(H2,66,73,84)/b32-29-/t44-,45+,49-,51+,52+,53+,56-/m1/s1. The van der Waals surface area contributed by atoms with Crippen LogP contribution in [0.2, 0.25) is 16.6 Å². The SMILES string of the molecule is CC[C@@H](C)[C@H]1NC(=O)C(=O)[C@H](CCCN(C(=N)NC(=O)OCc2ccccc2)C(=O)OCc2ccccc2)NC(=O)[C@@H]2CCCN2C(=O)[C@@H](NC(=O)[C@H](C)NC(=O)CC(C)C)CNC(=O)/C=C\[C@H](Cc2ccc(O[Si](C(C)C)(C(C)C)C(C)C)cc2)NC1=O. The molecule has 0 spiro atoms. The van der Waals surface area contributed by atoms with Gasteiger partial charge in [-0.15, -0.1) is 0 Å². The van der Waals surface area contributed by atoms with E-state index in [2.05, 4.69) is 78.8 Å². The van der Waals surface area contributed by atoms with Crippen LogP contribution in [-0.4, -0.2) is 139 Å². The Balaban J connectivity index is 1.51. The van der Waals surface area contributed by atoms with Gasteiger partial charge < -0.3 is 50.7 Å². The molecule has 2 aliphatic heterocycles. The van der Waals surface area contributed by atoms with Crippen molar-refractivity contribution in [3.63, 3.8) is 0 Å². The van der Waals surface area contributed by atoms with Crippen LogP contribution in [0.5, 0.6) is 5.75 Å². The number of rotatable bonds is 22. The van der Waals surface area contributed by atoms with E-state index < -0.39 is 129 Å². The Morgan fingerprint density at radius 1 is 0.753 bits per heavy atom. The molecule has 1 fully saturated rings. The molecular weight excluding hydrogens is 1160 g/mol. The molecule has 7 atom stereocenters. The molecule has 0 unspecified atom stereocenters. The van der Waals surface area contributed by atoms with Crippen LogP contribution in [0, 0.1) is 17.2 Å². The maximum Gasteiger partial charge on any atom is 0.416 e. The number of carbonyl (C=O) groups excluding carboxylic acids is 10. The molecule has 3 aromatic carbocycles. The highest BCUT2D eigenvalue weighted by Gasteiger charge is 2.47. The molecule has 9 amide bonds. The molecule has 1 saturated heterocycles. The van der Waals surface area contributed by atoms with Gasteiger partial charge in [0.2, 0.25) is 47.2 Å². The summed E-state index contributed by atoms with van der Waals surface area (Å²) in [6, 6.07) is 17.1. The van der Waals surface area contributed by atoms with Crippen LogP contribution in [-0.2, 0) is 67.5 Å². The van der Waals surface area contributed by atoms with Crippen molar-refractivity contribution < 1.29 is 61.8 Å². The minimum Gasteiger partial charge on any atom is -0.543 e. The van der Waals surface area contributed by atoms with Crippen LogP contribution in [0.3, 0.4) is 0 Å². The normalized spacial score (nSPS) is 19.9. The van der Waals surface area contributed by atoms with Gasteiger partial charge in [-0.1, -0.05) is 155 Å². The van der Waals surface area contributed by atoms with Crippen molar-refractivity contribution in [2.24, 2.45) is 11.8 Å². The van der Waals surface area contributed by atoms with E-state index in [0.717, 1.165) is 10.5 Å². The first-order valence-electron chi connectivity index (χ1n) is 30.9. The van der Waals surface area contributed by atoms with Crippen LogP contribution in [0.4, 0.5) is 9.59 Å². The zero-order valence-corrected chi connectivity index (χ0v) is 54.3. The number of guanidine groups is 1. The number of ether oxygens (including phenoxy) is 2. The van der Waals surface area contributed by atoms with Gasteiger partial charge in [-0.25, -0.2) is 14.5 Å². The highest BCUT2D eigenvalue weighted by Crippen LogP contribution is 2.43. The van der Waals surface area contributed by atoms with Gasteiger partial charge in [-0.3, -0.25) is 49.1 Å². The third kappa shape index (κ3) is 21.1. The third-order valence-corrected chi connectivity index (χ3v) is 22.1. The molecule has 8 N–H and O–H groups in total. The molecule has 23 nitrogen and oxygen atoms in total. The van der Waals surface area contributed by atoms with Crippen molar-refractivity contribution in [3.05, 3.63) is 114 Å². The maximum atomic E-state index is 14.8. The Kier molecular flexibility index (Phi) is 27.6. The fourth-order valence-corrected chi connectivity index (χ4v) is 16.5. The van der Waals surface area contributed by atoms with E-state index in [1.54, 1.807) is 74.5 Å². The maximum absolute atomic E-state index is 14.8. The highest BCUT2D eigenvalue weighted by molar-refractivity contribution is 6.78. The number of amides is 9. The fourth-order valence-electron chi connectivity index (χ4n) is 11.2. The van der Waals surface area contributed by atoms with E-state index in [-0.39, 0.29) is 57.8 Å². The monoisotopic (exact) mass is 1250 g/mol. The number of carbonyl (C=O) groups is 10. The van der Waals surface area contributed by atoms with Crippen LogP contribution >= 0.6 is 0 Å². The lowest BCUT2D eigenvalue weighted by molar-refractivity contribution is -0.144. The van der Waals surface area contributed by atoms with E-state index in [4.69, 9.17) is 19.3 Å². The zero-order valence-electron chi connectivity index (χ0n) is 53.3. The first-order chi connectivity index (χ1) is 42.2. The zero-order chi connectivity index (χ0) is 65.5. The Morgan fingerprint density at radius 3 is 1.94 bits per heavy atom. The summed E-state index contributed by atoms with van der Waals surface area (Å²) in [6.07, 6.45) is 0.915. The number of Topliss-reactive ketones (excluding diaryl/α,β-unsaturated/α-hetero) is 1. The summed E-state index contributed by atoms with van der Waals surface area (Å²) < 4.78 is 17.8. The van der Waals surface area contributed by atoms with Gasteiger partial charge in [0, 0.05) is 32.1 Å². The first kappa shape index (κ1) is 71.3. The summed E-state index contributed by atoms with van der Waals surface area (Å²) >= 11 is 0. The van der Waals surface area contributed by atoms with Crippen molar-refractivity contribution in [1.29, 1.82) is 5.41 Å². The second-order valence-electron chi connectivity index (χ2n) is 24.3. The fraction of sp³-hybridized carbons (Fsp3) is 0.523. The average molecular weight is 1250 g/mol. The van der Waals surface area contributed by atoms with Gasteiger partial charge in [0.1, 0.15) is 43.1 Å². The summed E-state index contributed by atoms with van der Waals surface area (Å²) in [6.45, 7) is 20.5. The quantitative estimate of drug-likeness (QED) is 0.0221. The summed E-state index contributed by atoms with van der Waals surface area (Å²) in [7, 11) is -2.33. The molecule has 0 aromatic heterocycles. The molecule has 5 rings (SSSR count). The number of hydrogen-bond acceptors (Lipinski definition) is 14. The number of nitrogens with one attached hydrogen (secondary N) is 8. The summed E-state index contributed by atoms with van der Waals surface area (Å²) in [4.78, 5) is 142. The lowest BCUT2D eigenvalue weighted by Crippen LogP contribution is -2.60. The van der Waals surface area contributed by atoms with E-state index in [1.807, 2.05) is 38.1 Å². The molecule has 89 heavy (non-hydrogen) atoms. The summed E-state index contributed by atoms with van der Waals surface area (Å²) in [5, 5.41) is 27.3. The molecule has 2 heterocycles. The smallest absolute Gasteiger partial charge is 0.416 e. The van der Waals surface area contributed by atoms with Gasteiger partial charge in [-0.2, -0.15) is 0 Å². The van der Waals surface area contributed by atoms with Crippen LogP contribution < -0.4 is 41.6 Å². The van der Waals surface area contributed by atoms with Crippen LogP contribution in [0.1, 0.15) is 131 Å². The van der Waals surface area contributed by atoms with Crippen LogP contribution in [0.25, 0.3) is 0 Å².